The molecule has 0 bridgehead atoms. The van der Waals surface area contributed by atoms with Gasteiger partial charge < -0.3 is 9.47 Å². The van der Waals surface area contributed by atoms with Crippen LogP contribution in [0.25, 0.3) is 32.7 Å². The van der Waals surface area contributed by atoms with Crippen molar-refractivity contribution in [1.29, 1.82) is 0 Å². The Bertz CT molecular complexity index is 1310. The van der Waals surface area contributed by atoms with E-state index >= 15 is 0 Å². The first-order chi connectivity index (χ1) is 14.4. The molecule has 0 spiro atoms. The molecule has 1 heterocycles. The maximum absolute atomic E-state index is 12.9. The Morgan fingerprint density at radius 3 is 2.13 bits per heavy atom. The van der Waals surface area contributed by atoms with Crippen LogP contribution >= 0.6 is 0 Å². The van der Waals surface area contributed by atoms with Gasteiger partial charge in [0.2, 0.25) is 0 Å². The molecule has 3 heteroatoms. The standard InChI is InChI=1S/C27H24O3/c1-27(2,3)25-24-20(26(28)30-25)15-17-10-6-8-12-19(17)23(24)22-18-11-7-5-9-16(18)13-14-21(22)29-4/h5-15,25H,1-4H3/t25-/m1/s1. The fourth-order valence-corrected chi connectivity index (χ4v) is 4.59. The molecule has 30 heavy (non-hydrogen) atoms. The molecule has 0 fully saturated rings. The van der Waals surface area contributed by atoms with Crippen LogP contribution in [0, 0.1) is 5.41 Å². The zero-order chi connectivity index (χ0) is 21.0. The van der Waals surface area contributed by atoms with Gasteiger partial charge in [-0.1, -0.05) is 75.4 Å². The number of cyclic esters (lactones) is 1. The largest absolute Gasteiger partial charge is 0.496 e. The van der Waals surface area contributed by atoms with Gasteiger partial charge in [-0.2, -0.15) is 0 Å². The molecule has 1 aliphatic rings. The summed E-state index contributed by atoms with van der Waals surface area (Å²) in [6.07, 6.45) is -0.330. The molecule has 1 atom stereocenters. The second kappa shape index (κ2) is 6.60. The van der Waals surface area contributed by atoms with Crippen LogP contribution in [0.15, 0.2) is 66.7 Å². The summed E-state index contributed by atoms with van der Waals surface area (Å²) in [4.78, 5) is 12.9. The van der Waals surface area contributed by atoms with Gasteiger partial charge in [-0.25, -0.2) is 4.79 Å². The zero-order valence-corrected chi connectivity index (χ0v) is 17.7. The lowest BCUT2D eigenvalue weighted by molar-refractivity contribution is 0.00795. The third-order valence-electron chi connectivity index (χ3n) is 5.94. The summed E-state index contributed by atoms with van der Waals surface area (Å²) < 4.78 is 11.8. The van der Waals surface area contributed by atoms with Crippen LogP contribution in [0.1, 0.15) is 42.8 Å². The molecule has 3 nitrogen and oxygen atoms in total. The predicted molar refractivity (Wildman–Crippen MR) is 121 cm³/mol. The molecule has 0 N–H and O–H groups in total. The molecule has 1 aliphatic heterocycles. The molecule has 0 amide bonds. The Morgan fingerprint density at radius 2 is 1.47 bits per heavy atom. The number of hydrogen-bond acceptors (Lipinski definition) is 3. The summed E-state index contributed by atoms with van der Waals surface area (Å²) >= 11 is 0. The molecule has 4 aromatic carbocycles. The maximum atomic E-state index is 12.9. The monoisotopic (exact) mass is 396 g/mol. The van der Waals surface area contributed by atoms with E-state index < -0.39 is 0 Å². The van der Waals surface area contributed by atoms with Crippen molar-refractivity contribution in [3.05, 3.63) is 77.9 Å². The minimum atomic E-state index is -0.330. The Kier molecular flexibility index (Phi) is 4.11. The minimum Gasteiger partial charge on any atom is -0.496 e. The fraction of sp³-hybridized carbons (Fsp3) is 0.222. The Hall–Kier alpha value is -3.33. The zero-order valence-electron chi connectivity index (χ0n) is 17.7. The first kappa shape index (κ1) is 18.7. The van der Waals surface area contributed by atoms with Gasteiger partial charge in [-0.15, -0.1) is 0 Å². The summed E-state index contributed by atoms with van der Waals surface area (Å²) in [5.74, 6) is 0.537. The smallest absolute Gasteiger partial charge is 0.339 e. The van der Waals surface area contributed by atoms with E-state index in [4.69, 9.17) is 9.47 Å². The van der Waals surface area contributed by atoms with Crippen molar-refractivity contribution < 1.29 is 14.3 Å². The van der Waals surface area contributed by atoms with E-state index in [9.17, 15) is 4.79 Å². The van der Waals surface area contributed by atoms with E-state index in [1.165, 1.54) is 0 Å². The van der Waals surface area contributed by atoms with Gasteiger partial charge >= 0.3 is 5.97 Å². The number of esters is 1. The van der Waals surface area contributed by atoms with Gasteiger partial charge in [0.05, 0.1) is 12.7 Å². The number of benzene rings is 4. The fourth-order valence-electron chi connectivity index (χ4n) is 4.59. The lowest BCUT2D eigenvalue weighted by Crippen LogP contribution is -2.19. The van der Waals surface area contributed by atoms with Crippen LogP contribution in [0.4, 0.5) is 0 Å². The minimum absolute atomic E-state index is 0.240. The molecule has 5 rings (SSSR count). The van der Waals surface area contributed by atoms with Crippen LogP contribution in [0.3, 0.4) is 0 Å². The predicted octanol–water partition coefficient (Wildman–Crippen LogP) is 6.93. The van der Waals surface area contributed by atoms with Crippen LogP contribution in [-0.2, 0) is 4.74 Å². The van der Waals surface area contributed by atoms with Crippen molar-refractivity contribution in [2.75, 3.05) is 7.11 Å². The summed E-state index contributed by atoms with van der Waals surface area (Å²) in [7, 11) is 1.70. The van der Waals surface area contributed by atoms with Crippen molar-refractivity contribution >= 4 is 27.5 Å². The SMILES string of the molecule is COc1ccc2ccccc2c1-c1c2c(cc3ccccc13)C(=O)O[C@H]2C(C)(C)C. The van der Waals surface area contributed by atoms with Gasteiger partial charge in [0.1, 0.15) is 11.9 Å². The summed E-state index contributed by atoms with van der Waals surface area (Å²) in [6, 6.07) is 22.6. The number of hydrogen-bond donors (Lipinski definition) is 0. The van der Waals surface area contributed by atoms with Crippen molar-refractivity contribution in [1.82, 2.24) is 0 Å². The number of rotatable bonds is 2. The van der Waals surface area contributed by atoms with Gasteiger partial charge in [0, 0.05) is 22.1 Å². The number of ether oxygens (including phenoxy) is 2. The lowest BCUT2D eigenvalue weighted by atomic mass is 9.78. The van der Waals surface area contributed by atoms with Crippen LogP contribution < -0.4 is 4.74 Å². The summed E-state index contributed by atoms with van der Waals surface area (Å²) in [5.41, 5.74) is 3.41. The van der Waals surface area contributed by atoms with Gasteiger partial charge in [-0.3, -0.25) is 0 Å². The number of carbonyl (C=O) groups is 1. The Labute approximate surface area is 176 Å². The average molecular weight is 396 g/mol. The molecule has 4 aromatic rings. The highest BCUT2D eigenvalue weighted by molar-refractivity contribution is 6.13. The third-order valence-corrected chi connectivity index (χ3v) is 5.94. The number of fused-ring (bicyclic) bond motifs is 3. The molecule has 0 aliphatic carbocycles. The highest BCUT2D eigenvalue weighted by Gasteiger charge is 2.42. The molecular weight excluding hydrogens is 372 g/mol. The molecule has 0 saturated heterocycles. The highest BCUT2D eigenvalue weighted by Crippen LogP contribution is 2.52. The van der Waals surface area contributed by atoms with Crippen LogP contribution in [-0.4, -0.2) is 13.1 Å². The van der Waals surface area contributed by atoms with E-state index in [0.717, 1.165) is 44.0 Å². The van der Waals surface area contributed by atoms with E-state index in [-0.39, 0.29) is 17.5 Å². The van der Waals surface area contributed by atoms with E-state index in [1.807, 2.05) is 36.4 Å². The summed E-state index contributed by atoms with van der Waals surface area (Å²) in [5, 5.41) is 4.35. The van der Waals surface area contributed by atoms with Gasteiger partial charge in [-0.05, 0) is 33.7 Å². The molecule has 0 aromatic heterocycles. The second-order valence-corrected chi connectivity index (χ2v) is 8.95. The van der Waals surface area contributed by atoms with Crippen LogP contribution in [0.5, 0.6) is 5.75 Å². The topological polar surface area (TPSA) is 35.5 Å². The van der Waals surface area contributed by atoms with Crippen molar-refractivity contribution in [3.63, 3.8) is 0 Å². The molecular formula is C27H24O3. The Balaban J connectivity index is 2.01. The Morgan fingerprint density at radius 1 is 0.833 bits per heavy atom. The molecule has 150 valence electrons. The van der Waals surface area contributed by atoms with Crippen molar-refractivity contribution in [2.45, 2.75) is 26.9 Å². The number of methoxy groups -OCH3 is 1. The van der Waals surface area contributed by atoms with Gasteiger partial charge in [0.15, 0.2) is 0 Å². The highest BCUT2D eigenvalue weighted by atomic mass is 16.5. The first-order valence-corrected chi connectivity index (χ1v) is 10.2. The number of carbonyl (C=O) groups excluding carboxylic acids is 1. The van der Waals surface area contributed by atoms with Crippen LogP contribution in [0.2, 0.25) is 0 Å². The first-order valence-electron chi connectivity index (χ1n) is 10.2. The lowest BCUT2D eigenvalue weighted by Gasteiger charge is -2.28. The van der Waals surface area contributed by atoms with E-state index in [1.54, 1.807) is 7.11 Å². The van der Waals surface area contributed by atoms with Crippen molar-refractivity contribution in [2.24, 2.45) is 5.41 Å². The second-order valence-electron chi connectivity index (χ2n) is 8.95. The molecule has 0 unspecified atom stereocenters. The summed E-state index contributed by atoms with van der Waals surface area (Å²) in [6.45, 7) is 6.33. The average Bonchev–Trinajstić information content (AvgIpc) is 3.08. The molecule has 0 radical (unpaired) electrons. The normalized spacial score (nSPS) is 16.0. The van der Waals surface area contributed by atoms with Crippen molar-refractivity contribution in [3.8, 4) is 16.9 Å². The molecule has 0 saturated carbocycles. The van der Waals surface area contributed by atoms with E-state index in [0.29, 0.717) is 5.56 Å². The quantitative estimate of drug-likeness (QED) is 0.345. The van der Waals surface area contributed by atoms with E-state index in [2.05, 4.69) is 51.1 Å². The maximum Gasteiger partial charge on any atom is 0.339 e. The third kappa shape index (κ3) is 2.69. The van der Waals surface area contributed by atoms with Gasteiger partial charge in [0.25, 0.3) is 0 Å².